The van der Waals surface area contributed by atoms with Crippen LogP contribution in [0.1, 0.15) is 24.4 Å². The molecule has 1 aromatic carbocycles. The molecule has 0 bridgehead atoms. The lowest BCUT2D eigenvalue weighted by molar-refractivity contribution is -0.182. The molecule has 2 aromatic rings. The van der Waals surface area contributed by atoms with Gasteiger partial charge in [0, 0.05) is 17.7 Å². The summed E-state index contributed by atoms with van der Waals surface area (Å²) in [6, 6.07) is 4.84. The van der Waals surface area contributed by atoms with Gasteiger partial charge in [-0.2, -0.15) is 31.3 Å². The Balaban J connectivity index is 2.18. The maximum atomic E-state index is 12.5. The highest BCUT2D eigenvalue weighted by molar-refractivity contribution is 5.87. The predicted molar refractivity (Wildman–Crippen MR) is 82.2 cm³/mol. The Bertz CT molecular complexity index is 843. The maximum Gasteiger partial charge on any atom is 0.471 e. The van der Waals surface area contributed by atoms with Crippen LogP contribution in [-0.4, -0.2) is 34.4 Å². The van der Waals surface area contributed by atoms with Crippen LogP contribution in [0.15, 0.2) is 40.9 Å². The standard InChI is InChI=1S/C16H13F6N3O3/c1-9(25(27-2)12(26)7-8-15(17,18)19)10-3-5-11(6-4-10)13-23-14(28-24-13)16(20,21)22/h3-9H,1-2H3. The molecular weight excluding hydrogens is 396 g/mol. The van der Waals surface area contributed by atoms with Crippen molar-refractivity contribution in [3.05, 3.63) is 47.9 Å². The number of alkyl halides is 6. The van der Waals surface area contributed by atoms with Gasteiger partial charge in [0.25, 0.3) is 5.91 Å². The van der Waals surface area contributed by atoms with E-state index in [9.17, 15) is 31.1 Å². The topological polar surface area (TPSA) is 68.5 Å². The molecule has 12 heteroatoms. The van der Waals surface area contributed by atoms with Gasteiger partial charge in [0.2, 0.25) is 5.82 Å². The Kier molecular flexibility index (Phi) is 6.12. The summed E-state index contributed by atoms with van der Waals surface area (Å²) in [6.07, 6.45) is -9.32. The normalized spacial score (nSPS) is 13.7. The molecule has 0 N–H and O–H groups in total. The van der Waals surface area contributed by atoms with E-state index in [0.29, 0.717) is 16.7 Å². The van der Waals surface area contributed by atoms with Crippen LogP contribution >= 0.6 is 0 Å². The third kappa shape index (κ3) is 5.31. The smallest absolute Gasteiger partial charge is 0.329 e. The Morgan fingerprint density at radius 2 is 1.79 bits per heavy atom. The number of hydroxylamine groups is 2. The summed E-state index contributed by atoms with van der Waals surface area (Å²) < 4.78 is 78.3. The minimum Gasteiger partial charge on any atom is -0.329 e. The Labute approximate surface area is 154 Å². The number of rotatable bonds is 5. The third-order valence-corrected chi connectivity index (χ3v) is 3.50. The zero-order valence-corrected chi connectivity index (χ0v) is 14.4. The molecule has 0 aliphatic rings. The number of carbonyl (C=O) groups excluding carboxylic acids is 1. The van der Waals surface area contributed by atoms with Gasteiger partial charge in [0.05, 0.1) is 13.2 Å². The van der Waals surface area contributed by atoms with E-state index in [1.807, 2.05) is 0 Å². The lowest BCUT2D eigenvalue weighted by Crippen LogP contribution is -2.31. The van der Waals surface area contributed by atoms with Crippen LogP contribution < -0.4 is 0 Å². The van der Waals surface area contributed by atoms with Crippen molar-refractivity contribution in [3.63, 3.8) is 0 Å². The van der Waals surface area contributed by atoms with Gasteiger partial charge in [-0.25, -0.2) is 5.06 Å². The summed E-state index contributed by atoms with van der Waals surface area (Å²) in [7, 11) is 1.11. The first-order valence-corrected chi connectivity index (χ1v) is 7.57. The van der Waals surface area contributed by atoms with Crippen molar-refractivity contribution >= 4 is 5.91 Å². The zero-order chi connectivity index (χ0) is 21.1. The fourth-order valence-corrected chi connectivity index (χ4v) is 2.18. The van der Waals surface area contributed by atoms with E-state index in [4.69, 9.17) is 4.84 Å². The van der Waals surface area contributed by atoms with Gasteiger partial charge in [-0.05, 0) is 12.5 Å². The first-order valence-electron chi connectivity index (χ1n) is 7.57. The Morgan fingerprint density at radius 1 is 1.18 bits per heavy atom. The monoisotopic (exact) mass is 409 g/mol. The largest absolute Gasteiger partial charge is 0.471 e. The summed E-state index contributed by atoms with van der Waals surface area (Å²) in [5.41, 5.74) is 0.654. The summed E-state index contributed by atoms with van der Waals surface area (Å²) in [5, 5.41) is 3.96. The number of hydrogen-bond donors (Lipinski definition) is 0. The molecule has 1 amide bonds. The molecule has 0 fully saturated rings. The van der Waals surface area contributed by atoms with Crippen molar-refractivity contribution in [1.29, 1.82) is 0 Å². The van der Waals surface area contributed by atoms with Gasteiger partial charge in [-0.1, -0.05) is 29.4 Å². The number of benzene rings is 1. The predicted octanol–water partition coefficient (Wildman–Crippen LogP) is 4.32. The number of amides is 1. The number of aromatic nitrogens is 2. The van der Waals surface area contributed by atoms with Crippen molar-refractivity contribution in [2.75, 3.05) is 7.11 Å². The number of carbonyl (C=O) groups is 1. The second-order valence-corrected chi connectivity index (χ2v) is 5.44. The highest BCUT2D eigenvalue weighted by Gasteiger charge is 2.38. The molecular formula is C16H13F6N3O3. The van der Waals surface area contributed by atoms with E-state index in [-0.39, 0.29) is 17.5 Å². The molecule has 0 aliphatic heterocycles. The molecule has 1 heterocycles. The number of hydrogen-bond acceptors (Lipinski definition) is 5. The minimum atomic E-state index is -4.77. The molecule has 1 aromatic heterocycles. The summed E-state index contributed by atoms with van der Waals surface area (Å²) >= 11 is 0. The van der Waals surface area contributed by atoms with Gasteiger partial charge in [-0.15, -0.1) is 0 Å². The van der Waals surface area contributed by atoms with E-state index < -0.39 is 30.2 Å². The lowest BCUT2D eigenvalue weighted by Gasteiger charge is -2.25. The second-order valence-electron chi connectivity index (χ2n) is 5.44. The molecule has 6 nitrogen and oxygen atoms in total. The zero-order valence-electron chi connectivity index (χ0n) is 14.4. The molecule has 152 valence electrons. The molecule has 28 heavy (non-hydrogen) atoms. The van der Waals surface area contributed by atoms with Crippen LogP contribution in [0.25, 0.3) is 11.4 Å². The van der Waals surface area contributed by atoms with E-state index >= 15 is 0 Å². The molecule has 0 radical (unpaired) electrons. The van der Waals surface area contributed by atoms with Crippen molar-refractivity contribution in [2.24, 2.45) is 0 Å². The van der Waals surface area contributed by atoms with E-state index in [1.54, 1.807) is 0 Å². The first kappa shape index (κ1) is 21.4. The van der Waals surface area contributed by atoms with Gasteiger partial charge < -0.3 is 4.52 Å². The fraction of sp³-hybridized carbons (Fsp3) is 0.312. The van der Waals surface area contributed by atoms with Crippen LogP contribution in [0.2, 0.25) is 0 Å². The molecule has 0 aliphatic carbocycles. The number of halogens is 6. The van der Waals surface area contributed by atoms with Gasteiger partial charge in [-0.3, -0.25) is 9.63 Å². The maximum absolute atomic E-state index is 12.5. The molecule has 2 rings (SSSR count). The lowest BCUT2D eigenvalue weighted by atomic mass is 10.1. The molecule has 1 atom stereocenters. The molecule has 1 unspecified atom stereocenters. The van der Waals surface area contributed by atoms with E-state index in [2.05, 4.69) is 14.7 Å². The third-order valence-electron chi connectivity index (χ3n) is 3.50. The van der Waals surface area contributed by atoms with Gasteiger partial charge in [0.1, 0.15) is 0 Å². The number of allylic oxidation sites excluding steroid dienone is 1. The Morgan fingerprint density at radius 3 is 2.25 bits per heavy atom. The molecule has 0 saturated carbocycles. The second kappa shape index (κ2) is 8.00. The fourth-order valence-electron chi connectivity index (χ4n) is 2.18. The van der Waals surface area contributed by atoms with Crippen LogP contribution in [-0.2, 0) is 15.8 Å². The Hall–Kier alpha value is -2.89. The van der Waals surface area contributed by atoms with Crippen molar-refractivity contribution < 1.29 is 40.5 Å². The molecule has 0 saturated heterocycles. The van der Waals surface area contributed by atoms with Crippen molar-refractivity contribution in [1.82, 2.24) is 15.2 Å². The molecule has 0 spiro atoms. The quantitative estimate of drug-likeness (QED) is 0.418. The minimum absolute atomic E-state index is 0.211. The first-order chi connectivity index (χ1) is 12.9. The van der Waals surface area contributed by atoms with E-state index in [0.717, 1.165) is 7.11 Å². The highest BCUT2D eigenvalue weighted by atomic mass is 19.4. The summed E-state index contributed by atoms with van der Waals surface area (Å²) in [6.45, 7) is 1.49. The van der Waals surface area contributed by atoms with Crippen molar-refractivity contribution in [2.45, 2.75) is 25.3 Å². The van der Waals surface area contributed by atoms with E-state index in [1.165, 1.54) is 31.2 Å². The highest BCUT2D eigenvalue weighted by Crippen LogP contribution is 2.30. The average Bonchev–Trinajstić information content (AvgIpc) is 3.10. The van der Waals surface area contributed by atoms with Crippen LogP contribution in [0, 0.1) is 0 Å². The van der Waals surface area contributed by atoms with Gasteiger partial charge in [0.15, 0.2) is 0 Å². The summed E-state index contributed by atoms with van der Waals surface area (Å²) in [4.78, 5) is 20.0. The van der Waals surface area contributed by atoms with Crippen LogP contribution in [0.5, 0.6) is 0 Å². The number of nitrogens with zero attached hydrogens (tertiary/aromatic N) is 3. The summed E-state index contributed by atoms with van der Waals surface area (Å²) in [5.74, 6) is -2.82. The average molecular weight is 409 g/mol. The van der Waals surface area contributed by atoms with Crippen LogP contribution in [0.4, 0.5) is 26.3 Å². The van der Waals surface area contributed by atoms with Crippen LogP contribution in [0.3, 0.4) is 0 Å². The van der Waals surface area contributed by atoms with Crippen molar-refractivity contribution in [3.8, 4) is 11.4 Å². The SMILES string of the molecule is CON(C(=O)C=CC(F)(F)F)C(C)c1ccc(-c2noc(C(F)(F)F)n2)cc1. The van der Waals surface area contributed by atoms with Gasteiger partial charge >= 0.3 is 18.2 Å².